The van der Waals surface area contributed by atoms with Crippen LogP contribution in [0.3, 0.4) is 0 Å². The van der Waals surface area contributed by atoms with E-state index in [1.165, 1.54) is 12.8 Å². The van der Waals surface area contributed by atoms with E-state index in [9.17, 15) is 0 Å². The highest BCUT2D eigenvalue weighted by Gasteiger charge is 2.12. The maximum atomic E-state index is 2.28. The monoisotopic (exact) mass is 90.1 g/mol. The van der Waals surface area contributed by atoms with Crippen molar-refractivity contribution in [1.29, 1.82) is 0 Å². The lowest BCUT2D eigenvalue weighted by molar-refractivity contribution is 0.983. The molecule has 1 heteroatoms. The molecule has 0 radical (unpaired) electrons. The van der Waals surface area contributed by atoms with Crippen molar-refractivity contribution in [1.82, 2.24) is 0 Å². The second kappa shape index (κ2) is 1.71. The lowest BCUT2D eigenvalue weighted by Gasteiger charge is -1.53. The summed E-state index contributed by atoms with van der Waals surface area (Å²) in [7, 11) is 0. The summed E-state index contributed by atoms with van der Waals surface area (Å²) in [5.41, 5.74) is 0. The van der Waals surface area contributed by atoms with Crippen LogP contribution in [0.25, 0.3) is 0 Å². The van der Waals surface area contributed by atoms with Crippen LogP contribution in [-0.4, -0.2) is 0 Å². The highest BCUT2D eigenvalue weighted by Crippen LogP contribution is 2.26. The fourth-order valence-electron chi connectivity index (χ4n) is 0.167. The van der Waals surface area contributed by atoms with Crippen molar-refractivity contribution in [2.75, 3.05) is 0 Å². The van der Waals surface area contributed by atoms with Crippen molar-refractivity contribution in [3.8, 4) is 0 Å². The Balaban J connectivity index is 0.000000160. The Labute approximate surface area is 40.0 Å². The molecule has 0 aromatic heterocycles. The van der Waals surface area contributed by atoms with Gasteiger partial charge in [0.2, 0.25) is 0 Å². The Bertz CT molecular complexity index is 22.8. The Kier molecular flexibility index (Phi) is 1.82. The Morgan fingerprint density at radius 2 is 1.60 bits per heavy atom. The highest BCUT2D eigenvalue weighted by molar-refractivity contribution is 7.59. The first-order valence-electron chi connectivity index (χ1n) is 1.89. The van der Waals surface area contributed by atoms with Crippen molar-refractivity contribution < 1.29 is 0 Å². The van der Waals surface area contributed by atoms with Crippen LogP contribution in [-0.2, 0) is 0 Å². The SMILES string of the molecule is CC1CC1.S. The summed E-state index contributed by atoms with van der Waals surface area (Å²) in [6, 6.07) is 0. The molecule has 0 heterocycles. The van der Waals surface area contributed by atoms with Gasteiger partial charge in [-0.05, 0) is 5.92 Å². The summed E-state index contributed by atoms with van der Waals surface area (Å²) in [4.78, 5) is 0. The third kappa shape index (κ3) is 2.14. The van der Waals surface area contributed by atoms with Crippen LogP contribution < -0.4 is 0 Å². The first-order valence-corrected chi connectivity index (χ1v) is 1.89. The van der Waals surface area contributed by atoms with Crippen molar-refractivity contribution in [2.45, 2.75) is 19.8 Å². The van der Waals surface area contributed by atoms with Crippen LogP contribution in [0, 0.1) is 5.92 Å². The van der Waals surface area contributed by atoms with Crippen molar-refractivity contribution in [3.05, 3.63) is 0 Å². The summed E-state index contributed by atoms with van der Waals surface area (Å²) < 4.78 is 0. The van der Waals surface area contributed by atoms with E-state index in [4.69, 9.17) is 0 Å². The van der Waals surface area contributed by atoms with Gasteiger partial charge in [-0.3, -0.25) is 0 Å². The predicted molar refractivity (Wildman–Crippen MR) is 28.8 cm³/mol. The quantitative estimate of drug-likeness (QED) is 0.423. The predicted octanol–water partition coefficient (Wildman–Crippen LogP) is 1.53. The zero-order valence-electron chi connectivity index (χ0n) is 3.49. The average molecular weight is 90.2 g/mol. The number of rotatable bonds is 0. The number of hydrogen-bond donors (Lipinski definition) is 0. The maximum Gasteiger partial charge on any atom is -0.0443 e. The third-order valence-corrected chi connectivity index (χ3v) is 0.866. The summed E-state index contributed by atoms with van der Waals surface area (Å²) in [5, 5.41) is 0. The molecule has 1 fully saturated rings. The van der Waals surface area contributed by atoms with Crippen molar-refractivity contribution >= 4 is 13.5 Å². The van der Waals surface area contributed by atoms with Crippen LogP contribution >= 0.6 is 13.5 Å². The average Bonchev–Trinajstić information content (AvgIpc) is 1.75. The van der Waals surface area contributed by atoms with E-state index in [-0.39, 0.29) is 13.5 Å². The molecule has 5 heavy (non-hydrogen) atoms. The molecule has 0 unspecified atom stereocenters. The fraction of sp³-hybridized carbons (Fsp3) is 1.00. The third-order valence-electron chi connectivity index (χ3n) is 0.866. The summed E-state index contributed by atoms with van der Waals surface area (Å²) in [6.45, 7) is 2.28. The van der Waals surface area contributed by atoms with Gasteiger partial charge in [0.15, 0.2) is 0 Å². The van der Waals surface area contributed by atoms with Crippen molar-refractivity contribution in [2.24, 2.45) is 5.92 Å². The normalized spacial score (nSPS) is 21.0. The highest BCUT2D eigenvalue weighted by atomic mass is 32.1. The van der Waals surface area contributed by atoms with Gasteiger partial charge >= 0.3 is 0 Å². The standard InChI is InChI=1S/C4H8.H2S/c1-4-2-3-4;/h4H,2-3H2,1H3;1H2. The van der Waals surface area contributed by atoms with E-state index in [1.54, 1.807) is 0 Å². The van der Waals surface area contributed by atoms with Crippen LogP contribution in [0.15, 0.2) is 0 Å². The van der Waals surface area contributed by atoms with Crippen LogP contribution in [0.1, 0.15) is 19.8 Å². The van der Waals surface area contributed by atoms with Gasteiger partial charge < -0.3 is 0 Å². The van der Waals surface area contributed by atoms with E-state index in [1.807, 2.05) is 0 Å². The van der Waals surface area contributed by atoms with E-state index in [2.05, 4.69) is 6.92 Å². The Hall–Kier alpha value is 0.350. The molecule has 0 spiro atoms. The second-order valence-corrected chi connectivity index (χ2v) is 1.68. The largest absolute Gasteiger partial charge is 0.197 e. The second-order valence-electron chi connectivity index (χ2n) is 1.68. The Morgan fingerprint density at radius 1 is 1.40 bits per heavy atom. The smallest absolute Gasteiger partial charge is 0.0443 e. The maximum absolute atomic E-state index is 2.28. The van der Waals surface area contributed by atoms with Gasteiger partial charge in [-0.2, -0.15) is 13.5 Å². The molecule has 0 saturated heterocycles. The summed E-state index contributed by atoms with van der Waals surface area (Å²) >= 11 is 0. The van der Waals surface area contributed by atoms with Gasteiger partial charge in [0, 0.05) is 0 Å². The molecule has 1 aliphatic carbocycles. The minimum atomic E-state index is 0. The molecule has 0 aromatic rings. The molecule has 0 bridgehead atoms. The molecule has 1 rings (SSSR count). The molecule has 0 atom stereocenters. The summed E-state index contributed by atoms with van der Waals surface area (Å²) in [6.07, 6.45) is 2.97. The summed E-state index contributed by atoms with van der Waals surface area (Å²) in [5.74, 6) is 1.08. The molecule has 0 aromatic carbocycles. The minimum absolute atomic E-state index is 0. The van der Waals surface area contributed by atoms with Gasteiger partial charge in [-0.25, -0.2) is 0 Å². The van der Waals surface area contributed by atoms with Crippen LogP contribution in [0.4, 0.5) is 0 Å². The van der Waals surface area contributed by atoms with E-state index in [0.717, 1.165) is 5.92 Å². The lowest BCUT2D eigenvalue weighted by Crippen LogP contribution is -1.42. The van der Waals surface area contributed by atoms with Crippen molar-refractivity contribution in [3.63, 3.8) is 0 Å². The fourth-order valence-corrected chi connectivity index (χ4v) is 0.167. The zero-order chi connectivity index (χ0) is 2.99. The first-order chi connectivity index (χ1) is 1.89. The Morgan fingerprint density at radius 3 is 1.60 bits per heavy atom. The topological polar surface area (TPSA) is 0 Å². The van der Waals surface area contributed by atoms with Gasteiger partial charge in [0.25, 0.3) is 0 Å². The van der Waals surface area contributed by atoms with Crippen LogP contribution in [0.2, 0.25) is 0 Å². The zero-order valence-corrected chi connectivity index (χ0v) is 4.49. The molecule has 1 aliphatic rings. The molecule has 0 amide bonds. The van der Waals surface area contributed by atoms with E-state index in [0.29, 0.717) is 0 Å². The van der Waals surface area contributed by atoms with E-state index >= 15 is 0 Å². The molecule has 1 saturated carbocycles. The molecular weight excluding hydrogens is 80.1 g/mol. The van der Waals surface area contributed by atoms with Gasteiger partial charge in [-0.15, -0.1) is 0 Å². The molecule has 0 nitrogen and oxygen atoms in total. The lowest BCUT2D eigenvalue weighted by atomic mass is 10.5. The number of hydrogen-bond acceptors (Lipinski definition) is 0. The van der Waals surface area contributed by atoms with Gasteiger partial charge in [0.1, 0.15) is 0 Å². The van der Waals surface area contributed by atoms with Gasteiger partial charge in [0.05, 0.1) is 0 Å². The van der Waals surface area contributed by atoms with E-state index < -0.39 is 0 Å². The van der Waals surface area contributed by atoms with Gasteiger partial charge in [-0.1, -0.05) is 19.8 Å². The molecule has 0 aliphatic heterocycles. The molecular formula is C4H10S. The minimum Gasteiger partial charge on any atom is -0.197 e. The first kappa shape index (κ1) is 5.35. The van der Waals surface area contributed by atoms with Crippen LogP contribution in [0.5, 0.6) is 0 Å². The molecule has 32 valence electrons. The molecule has 0 N–H and O–H groups in total.